The van der Waals surface area contributed by atoms with Gasteiger partial charge in [0.1, 0.15) is 29.1 Å². The van der Waals surface area contributed by atoms with E-state index in [2.05, 4.69) is 26.0 Å². The van der Waals surface area contributed by atoms with Crippen LogP contribution >= 0.6 is 0 Å². The van der Waals surface area contributed by atoms with E-state index in [-0.39, 0.29) is 28.8 Å². The number of carbonyl (C=O) groups excluding carboxylic acids is 1. The monoisotopic (exact) mass is 455 g/mol. The van der Waals surface area contributed by atoms with Gasteiger partial charge in [-0.3, -0.25) is 9.59 Å². The smallest absolute Gasteiger partial charge is 0.274 e. The van der Waals surface area contributed by atoms with Crippen molar-refractivity contribution in [2.45, 2.75) is 50.0 Å². The average molecular weight is 455 g/mol. The normalized spacial score (nSPS) is 26.0. The van der Waals surface area contributed by atoms with Crippen molar-refractivity contribution in [3.8, 4) is 0 Å². The number of nitrogens with zero attached hydrogens (tertiary/aromatic N) is 4. The maximum absolute atomic E-state index is 13.5. The Kier molecular flexibility index (Phi) is 5.08. The van der Waals surface area contributed by atoms with Gasteiger partial charge in [-0.05, 0) is 31.9 Å². The molecule has 3 N–H and O–H groups in total. The highest BCUT2D eigenvalue weighted by Gasteiger charge is 2.44. The second-order valence-electron chi connectivity index (χ2n) is 8.73. The summed E-state index contributed by atoms with van der Waals surface area (Å²) in [7, 11) is 3.36. The molecule has 3 heterocycles. The number of amides is 1. The number of carbonyl (C=O) groups is 1. The van der Waals surface area contributed by atoms with Crippen LogP contribution in [0.15, 0.2) is 35.4 Å². The molecule has 11 heteroatoms. The Bertz CT molecular complexity index is 1280. The molecule has 2 saturated carbocycles. The van der Waals surface area contributed by atoms with Gasteiger partial charge in [0, 0.05) is 32.8 Å². The van der Waals surface area contributed by atoms with Crippen LogP contribution in [0.5, 0.6) is 0 Å². The van der Waals surface area contributed by atoms with Gasteiger partial charge in [-0.1, -0.05) is 0 Å². The molecule has 174 valence electrons. The van der Waals surface area contributed by atoms with Crippen molar-refractivity contribution in [1.82, 2.24) is 24.5 Å². The predicted octanol–water partition coefficient (Wildman–Crippen LogP) is 2.26. The van der Waals surface area contributed by atoms with E-state index in [1.165, 1.54) is 15.3 Å². The van der Waals surface area contributed by atoms with Crippen LogP contribution in [0.2, 0.25) is 0 Å². The number of rotatable bonds is 7. The molecule has 10 nitrogen and oxygen atoms in total. The van der Waals surface area contributed by atoms with Crippen molar-refractivity contribution in [1.29, 1.82) is 0 Å². The fourth-order valence-electron chi connectivity index (χ4n) is 4.21. The van der Waals surface area contributed by atoms with Crippen molar-refractivity contribution in [3.05, 3.63) is 46.5 Å². The quantitative estimate of drug-likeness (QED) is 0.501. The second-order valence-corrected chi connectivity index (χ2v) is 8.73. The summed E-state index contributed by atoms with van der Waals surface area (Å²) in [5, 5.41) is 13.4. The maximum Gasteiger partial charge on any atom is 0.274 e. The summed E-state index contributed by atoms with van der Waals surface area (Å²) in [5.41, 5.74) is 0.200. The minimum Gasteiger partial charge on any atom is -0.376 e. The number of nitrogens with one attached hydrogen (secondary N) is 3. The Balaban J connectivity index is 1.46. The third kappa shape index (κ3) is 3.62. The number of aromatic nitrogens is 4. The van der Waals surface area contributed by atoms with Crippen LogP contribution in [-0.4, -0.2) is 57.0 Å². The molecule has 3 aromatic rings. The number of ether oxygens (including phenoxy) is 1. The molecular formula is C22H26FN7O3. The number of pyridine rings is 1. The fraction of sp³-hybridized carbons (Fsp3) is 0.455. The highest BCUT2D eigenvalue weighted by atomic mass is 19.1. The van der Waals surface area contributed by atoms with Gasteiger partial charge in [0.25, 0.3) is 11.5 Å². The van der Waals surface area contributed by atoms with Gasteiger partial charge in [-0.15, -0.1) is 0 Å². The minimum absolute atomic E-state index is 0.0976. The largest absolute Gasteiger partial charge is 0.376 e. The van der Waals surface area contributed by atoms with Crippen molar-refractivity contribution < 1.29 is 13.9 Å². The Morgan fingerprint density at radius 2 is 2.18 bits per heavy atom. The van der Waals surface area contributed by atoms with E-state index < -0.39 is 12.2 Å². The Morgan fingerprint density at radius 1 is 1.39 bits per heavy atom. The lowest BCUT2D eigenvalue weighted by Gasteiger charge is -2.45. The molecule has 1 unspecified atom stereocenters. The van der Waals surface area contributed by atoms with Crippen molar-refractivity contribution in [3.63, 3.8) is 0 Å². The van der Waals surface area contributed by atoms with Gasteiger partial charge >= 0.3 is 0 Å². The molecule has 0 bridgehead atoms. The van der Waals surface area contributed by atoms with Crippen LogP contribution < -0.4 is 21.5 Å². The second kappa shape index (κ2) is 7.84. The van der Waals surface area contributed by atoms with Crippen LogP contribution in [0.4, 0.5) is 21.7 Å². The molecule has 3 aromatic heterocycles. The summed E-state index contributed by atoms with van der Waals surface area (Å²) in [6.45, 7) is 1.97. The Hall–Kier alpha value is -3.47. The molecule has 2 aliphatic rings. The fourth-order valence-corrected chi connectivity index (χ4v) is 4.21. The van der Waals surface area contributed by atoms with Crippen LogP contribution in [0, 0.1) is 0 Å². The number of alkyl halides is 1. The Labute approximate surface area is 189 Å². The highest BCUT2D eigenvalue weighted by molar-refractivity contribution is 6.00. The number of fused-ring (bicyclic) bond motifs is 1. The van der Waals surface area contributed by atoms with E-state index in [1.807, 2.05) is 6.92 Å². The van der Waals surface area contributed by atoms with Crippen LogP contribution in [0.3, 0.4) is 0 Å². The first-order valence-electron chi connectivity index (χ1n) is 10.9. The third-order valence-electron chi connectivity index (χ3n) is 6.69. The molecule has 4 atom stereocenters. The number of hydrogen-bond acceptors (Lipinski definition) is 7. The van der Waals surface area contributed by atoms with Gasteiger partial charge in [0.2, 0.25) is 0 Å². The van der Waals surface area contributed by atoms with Crippen molar-refractivity contribution >= 4 is 28.9 Å². The first-order valence-corrected chi connectivity index (χ1v) is 10.9. The zero-order valence-electron chi connectivity index (χ0n) is 18.6. The third-order valence-corrected chi connectivity index (χ3v) is 6.69. The molecule has 2 fully saturated rings. The zero-order chi connectivity index (χ0) is 23.3. The molecule has 0 aliphatic heterocycles. The SMILES string of the molecule is CNc1cc(Nc2cccn(C3C[C@H]3F)c2=O)nc2c(C(=O)N[C@H]3CC[C@]3(C)OC)cnn12. The van der Waals surface area contributed by atoms with Crippen LogP contribution in [0.25, 0.3) is 5.65 Å². The summed E-state index contributed by atoms with van der Waals surface area (Å²) in [4.78, 5) is 30.4. The minimum atomic E-state index is -0.994. The summed E-state index contributed by atoms with van der Waals surface area (Å²) < 4.78 is 22.0. The van der Waals surface area contributed by atoms with E-state index in [0.717, 1.165) is 12.8 Å². The van der Waals surface area contributed by atoms with E-state index >= 15 is 0 Å². The first-order chi connectivity index (χ1) is 15.8. The molecule has 1 amide bonds. The van der Waals surface area contributed by atoms with Gasteiger partial charge in [0.15, 0.2) is 5.65 Å². The van der Waals surface area contributed by atoms with E-state index in [4.69, 9.17) is 4.74 Å². The Morgan fingerprint density at radius 3 is 2.82 bits per heavy atom. The lowest BCUT2D eigenvalue weighted by molar-refractivity contribution is -0.0828. The first kappa shape index (κ1) is 21.4. The number of methoxy groups -OCH3 is 1. The average Bonchev–Trinajstić information content (AvgIpc) is 3.37. The molecule has 0 radical (unpaired) electrons. The zero-order valence-corrected chi connectivity index (χ0v) is 18.6. The molecule has 2 aliphatic carbocycles. The summed E-state index contributed by atoms with van der Waals surface area (Å²) in [5.74, 6) is 0.637. The number of hydrogen-bond donors (Lipinski definition) is 3. The van der Waals surface area contributed by atoms with Crippen molar-refractivity contribution in [2.75, 3.05) is 24.8 Å². The van der Waals surface area contributed by atoms with Crippen LogP contribution in [0.1, 0.15) is 42.6 Å². The lowest BCUT2D eigenvalue weighted by atomic mass is 9.76. The summed E-state index contributed by atoms with van der Waals surface area (Å²) >= 11 is 0. The summed E-state index contributed by atoms with van der Waals surface area (Å²) in [6, 6.07) is 4.47. The van der Waals surface area contributed by atoms with Gasteiger partial charge in [-0.2, -0.15) is 9.61 Å². The lowest BCUT2D eigenvalue weighted by Crippen LogP contribution is -2.59. The topological polar surface area (TPSA) is 115 Å². The molecule has 33 heavy (non-hydrogen) atoms. The van der Waals surface area contributed by atoms with Gasteiger partial charge in [0.05, 0.1) is 23.9 Å². The molecule has 5 rings (SSSR count). The number of halogens is 1. The van der Waals surface area contributed by atoms with E-state index in [9.17, 15) is 14.0 Å². The summed E-state index contributed by atoms with van der Waals surface area (Å²) in [6.07, 6.45) is 4.10. The van der Waals surface area contributed by atoms with Gasteiger partial charge < -0.3 is 25.3 Å². The van der Waals surface area contributed by atoms with Crippen LogP contribution in [-0.2, 0) is 4.74 Å². The highest BCUT2D eigenvalue weighted by Crippen LogP contribution is 2.38. The predicted molar refractivity (Wildman–Crippen MR) is 121 cm³/mol. The van der Waals surface area contributed by atoms with Crippen molar-refractivity contribution in [2.24, 2.45) is 0 Å². The molecule has 0 aromatic carbocycles. The molecule has 0 saturated heterocycles. The van der Waals surface area contributed by atoms with E-state index in [0.29, 0.717) is 29.3 Å². The number of anilines is 3. The van der Waals surface area contributed by atoms with E-state index in [1.54, 1.807) is 38.6 Å². The molecular weight excluding hydrogens is 429 g/mol. The standard InChI is InChI=1S/C22H26FN7O3/c1-22(33-3)7-6-16(22)27-20(31)12-11-25-30-18(24-2)10-17(28-19(12)30)26-14-5-4-8-29(21(14)32)15-9-13(15)23/h4-5,8,10-11,13,15-16,24H,6-7,9H2,1-3H3,(H,26,28)(H,27,31)/t13-,15?,16+,22+/m1/s1. The maximum atomic E-state index is 13.5. The molecule has 0 spiro atoms. The van der Waals surface area contributed by atoms with Gasteiger partial charge in [-0.25, -0.2) is 9.37 Å².